The topological polar surface area (TPSA) is 3.24 Å². The van der Waals surface area contributed by atoms with Crippen molar-refractivity contribution < 1.29 is 0 Å². The molecule has 114 valence electrons. The first kappa shape index (κ1) is 18.7. The van der Waals surface area contributed by atoms with E-state index in [0.717, 1.165) is 5.92 Å². The molecule has 1 aliphatic carbocycles. The molecule has 0 amide bonds. The molecule has 2 rings (SSSR count). The molecular weight excluding hydrogens is 230 g/mol. The van der Waals surface area contributed by atoms with Crippen LogP contribution in [0.3, 0.4) is 0 Å². The smallest absolute Gasteiger partial charge is 0.00134 e. The highest BCUT2D eigenvalue weighted by molar-refractivity contribution is 5.27. The lowest BCUT2D eigenvalue weighted by molar-refractivity contribution is 0.272. The first-order valence-corrected chi connectivity index (χ1v) is 8.41. The fourth-order valence-corrected chi connectivity index (χ4v) is 3.59. The molecule has 1 heterocycles. The maximum absolute atomic E-state index is 2.50. The number of likely N-dealkylation sites (tertiary alicyclic amines) is 1. The molecule has 0 N–H and O–H groups in total. The fraction of sp³-hybridized carbons (Fsp3) is 0.889. The van der Waals surface area contributed by atoms with Gasteiger partial charge in [-0.15, -0.1) is 0 Å². The van der Waals surface area contributed by atoms with Crippen LogP contribution in [0.4, 0.5) is 0 Å². The van der Waals surface area contributed by atoms with E-state index in [4.69, 9.17) is 0 Å². The van der Waals surface area contributed by atoms with Crippen molar-refractivity contribution in [1.29, 1.82) is 0 Å². The second-order valence-corrected chi connectivity index (χ2v) is 5.85. The van der Waals surface area contributed by atoms with Crippen LogP contribution >= 0.6 is 0 Å². The number of hydrogen-bond donors (Lipinski definition) is 0. The third-order valence-electron chi connectivity index (χ3n) is 4.99. The van der Waals surface area contributed by atoms with Crippen molar-refractivity contribution in [1.82, 2.24) is 4.90 Å². The summed E-state index contributed by atoms with van der Waals surface area (Å²) in [5.41, 5.74) is 3.98. The van der Waals surface area contributed by atoms with Crippen molar-refractivity contribution in [2.45, 2.75) is 74.1 Å². The van der Waals surface area contributed by atoms with Gasteiger partial charge in [0.05, 0.1) is 0 Å². The Kier molecular flexibility index (Phi) is 8.65. The minimum atomic E-state index is 0.578. The third kappa shape index (κ3) is 4.34. The van der Waals surface area contributed by atoms with Crippen molar-refractivity contribution in [3.63, 3.8) is 0 Å². The summed E-state index contributed by atoms with van der Waals surface area (Å²) in [5, 5.41) is 0. The molecule has 0 bridgehead atoms. The van der Waals surface area contributed by atoms with E-state index in [0.29, 0.717) is 5.41 Å². The van der Waals surface area contributed by atoms with Crippen molar-refractivity contribution >= 4 is 0 Å². The Morgan fingerprint density at radius 2 is 1.58 bits per heavy atom. The summed E-state index contributed by atoms with van der Waals surface area (Å²) in [6.07, 6.45) is 5.61. The molecule has 2 unspecified atom stereocenters. The summed E-state index contributed by atoms with van der Waals surface area (Å²) in [6.45, 7) is 17.7. The van der Waals surface area contributed by atoms with Gasteiger partial charge in [0.2, 0.25) is 0 Å². The zero-order valence-corrected chi connectivity index (χ0v) is 14.8. The minimum Gasteiger partial charge on any atom is -0.306 e. The van der Waals surface area contributed by atoms with E-state index in [1.165, 1.54) is 38.8 Å². The van der Waals surface area contributed by atoms with Gasteiger partial charge in [-0.1, -0.05) is 45.8 Å². The molecule has 0 aromatic rings. The van der Waals surface area contributed by atoms with Crippen molar-refractivity contribution in [3.8, 4) is 0 Å². The van der Waals surface area contributed by atoms with Crippen molar-refractivity contribution in [2.75, 3.05) is 20.1 Å². The molecule has 2 atom stereocenters. The van der Waals surface area contributed by atoms with Crippen LogP contribution in [0.15, 0.2) is 11.1 Å². The SMILES string of the molecule is CC.CC.CC1=C(C)C2(CCCN(C)CC2)CC1C. The van der Waals surface area contributed by atoms with Gasteiger partial charge < -0.3 is 4.90 Å². The largest absolute Gasteiger partial charge is 0.306 e. The summed E-state index contributed by atoms with van der Waals surface area (Å²) in [4.78, 5) is 2.50. The Hall–Kier alpha value is -0.300. The summed E-state index contributed by atoms with van der Waals surface area (Å²) in [5.74, 6) is 0.827. The Balaban J connectivity index is 0.000000741. The Morgan fingerprint density at radius 3 is 2.05 bits per heavy atom. The number of allylic oxidation sites excluding steroid dienone is 2. The highest BCUT2D eigenvalue weighted by atomic mass is 15.1. The van der Waals surface area contributed by atoms with Gasteiger partial charge in [-0.05, 0) is 71.0 Å². The van der Waals surface area contributed by atoms with Gasteiger partial charge in [0, 0.05) is 0 Å². The highest BCUT2D eigenvalue weighted by Gasteiger charge is 2.40. The van der Waals surface area contributed by atoms with Crippen molar-refractivity contribution in [2.24, 2.45) is 11.3 Å². The van der Waals surface area contributed by atoms with Crippen LogP contribution in [0, 0.1) is 11.3 Å². The van der Waals surface area contributed by atoms with E-state index in [1.807, 2.05) is 27.7 Å². The van der Waals surface area contributed by atoms with Crippen LogP contribution in [0.25, 0.3) is 0 Å². The maximum Gasteiger partial charge on any atom is -0.00134 e. The fourth-order valence-electron chi connectivity index (χ4n) is 3.59. The Labute approximate surface area is 122 Å². The van der Waals surface area contributed by atoms with Crippen LogP contribution in [0.2, 0.25) is 0 Å². The van der Waals surface area contributed by atoms with E-state index in [9.17, 15) is 0 Å². The second kappa shape index (κ2) is 8.79. The quantitative estimate of drug-likeness (QED) is 0.523. The first-order valence-electron chi connectivity index (χ1n) is 8.41. The molecule has 1 saturated heterocycles. The molecule has 2 aliphatic rings. The predicted molar refractivity (Wildman–Crippen MR) is 88.6 cm³/mol. The van der Waals surface area contributed by atoms with Crippen LogP contribution < -0.4 is 0 Å². The molecule has 1 spiro atoms. The van der Waals surface area contributed by atoms with Crippen LogP contribution in [0.5, 0.6) is 0 Å². The summed E-state index contributed by atoms with van der Waals surface area (Å²) in [7, 11) is 2.27. The second-order valence-electron chi connectivity index (χ2n) is 5.85. The molecule has 0 saturated carbocycles. The Morgan fingerprint density at radius 1 is 1.00 bits per heavy atom. The van der Waals surface area contributed by atoms with E-state index >= 15 is 0 Å². The van der Waals surface area contributed by atoms with Crippen LogP contribution in [-0.4, -0.2) is 25.0 Å². The van der Waals surface area contributed by atoms with Gasteiger partial charge in [-0.3, -0.25) is 0 Å². The molecule has 0 aromatic heterocycles. The van der Waals surface area contributed by atoms with Gasteiger partial charge in [0.1, 0.15) is 0 Å². The first-order chi connectivity index (χ1) is 9.05. The van der Waals surface area contributed by atoms with Gasteiger partial charge in [0.25, 0.3) is 0 Å². The molecule has 1 heteroatoms. The minimum absolute atomic E-state index is 0.578. The van der Waals surface area contributed by atoms with Crippen LogP contribution in [-0.2, 0) is 0 Å². The lowest BCUT2D eigenvalue weighted by atomic mass is 9.74. The van der Waals surface area contributed by atoms with E-state index in [-0.39, 0.29) is 0 Å². The monoisotopic (exact) mass is 267 g/mol. The molecule has 1 fully saturated rings. The molecule has 1 nitrogen and oxygen atoms in total. The average Bonchev–Trinajstić information content (AvgIpc) is 2.60. The van der Waals surface area contributed by atoms with E-state index in [2.05, 4.69) is 32.7 Å². The molecule has 1 aliphatic heterocycles. The summed E-state index contributed by atoms with van der Waals surface area (Å²) >= 11 is 0. The molecule has 19 heavy (non-hydrogen) atoms. The van der Waals surface area contributed by atoms with Gasteiger partial charge in [-0.25, -0.2) is 0 Å². The van der Waals surface area contributed by atoms with Gasteiger partial charge in [-0.2, -0.15) is 0 Å². The number of nitrogens with zero attached hydrogens (tertiary/aromatic N) is 1. The lowest BCUT2D eigenvalue weighted by Gasteiger charge is -2.30. The lowest BCUT2D eigenvalue weighted by Crippen LogP contribution is -2.23. The van der Waals surface area contributed by atoms with Crippen molar-refractivity contribution in [3.05, 3.63) is 11.1 Å². The summed E-state index contributed by atoms with van der Waals surface area (Å²) in [6, 6.07) is 0. The normalized spacial score (nSPS) is 31.3. The van der Waals surface area contributed by atoms with Crippen LogP contribution in [0.1, 0.15) is 74.1 Å². The number of hydrogen-bond acceptors (Lipinski definition) is 1. The summed E-state index contributed by atoms with van der Waals surface area (Å²) < 4.78 is 0. The van der Waals surface area contributed by atoms with E-state index in [1.54, 1.807) is 11.1 Å². The average molecular weight is 268 g/mol. The third-order valence-corrected chi connectivity index (χ3v) is 4.99. The standard InChI is InChI=1S/C14H25N.2C2H6/c1-11-10-14(13(3)12(11)2)6-5-8-15(4)9-7-14;2*1-2/h11H,5-10H2,1-4H3;2*1-2H3. The van der Waals surface area contributed by atoms with Gasteiger partial charge in [0.15, 0.2) is 0 Å². The number of rotatable bonds is 0. The molecule has 0 aromatic carbocycles. The zero-order chi connectivity index (χ0) is 15.1. The maximum atomic E-state index is 2.50. The Bertz CT molecular complexity index is 279. The molecular formula is C18H37N. The zero-order valence-electron chi connectivity index (χ0n) is 14.8. The highest BCUT2D eigenvalue weighted by Crippen LogP contribution is 2.51. The predicted octanol–water partition coefficient (Wildman–Crippen LogP) is 5.52. The van der Waals surface area contributed by atoms with Gasteiger partial charge >= 0.3 is 0 Å². The van der Waals surface area contributed by atoms with E-state index < -0.39 is 0 Å². The molecule has 0 radical (unpaired) electrons.